The summed E-state index contributed by atoms with van der Waals surface area (Å²) in [6, 6.07) is 15.4. The average molecular weight is 327 g/mol. The van der Waals surface area contributed by atoms with Crippen molar-refractivity contribution in [3.63, 3.8) is 0 Å². The minimum atomic E-state index is -0.973. The molecule has 0 saturated carbocycles. The van der Waals surface area contributed by atoms with E-state index in [1.807, 2.05) is 25.1 Å². The van der Waals surface area contributed by atoms with E-state index in [1.165, 1.54) is 0 Å². The number of carboxylic acid groups (broad SMARTS) is 1. The van der Waals surface area contributed by atoms with Crippen molar-refractivity contribution in [3.8, 4) is 5.75 Å². The van der Waals surface area contributed by atoms with E-state index in [2.05, 4.69) is 5.32 Å². The van der Waals surface area contributed by atoms with E-state index in [0.717, 1.165) is 12.0 Å². The van der Waals surface area contributed by atoms with Crippen LogP contribution in [0.4, 0.5) is 0 Å². The van der Waals surface area contributed by atoms with Gasteiger partial charge in [0.25, 0.3) is 5.91 Å². The Morgan fingerprint density at radius 1 is 1.08 bits per heavy atom. The molecule has 2 N–H and O–H groups in total. The molecule has 126 valence electrons. The summed E-state index contributed by atoms with van der Waals surface area (Å²) < 4.78 is 5.60. The van der Waals surface area contributed by atoms with E-state index in [1.54, 1.807) is 36.4 Å². The highest BCUT2D eigenvalue weighted by molar-refractivity contribution is 5.97. The third-order valence-electron chi connectivity index (χ3n) is 3.48. The third-order valence-corrected chi connectivity index (χ3v) is 3.48. The smallest absolute Gasteiger partial charge is 0.305 e. The van der Waals surface area contributed by atoms with Crippen molar-refractivity contribution in [1.29, 1.82) is 0 Å². The SMILES string of the molecule is CCCOc1ccccc1C(=O)NC(CC(=O)O)c1ccccc1. The van der Waals surface area contributed by atoms with Crippen LogP contribution in [0.15, 0.2) is 54.6 Å². The van der Waals surface area contributed by atoms with Crippen molar-refractivity contribution >= 4 is 11.9 Å². The van der Waals surface area contributed by atoms with Crippen LogP contribution in [0.25, 0.3) is 0 Å². The third kappa shape index (κ3) is 4.84. The van der Waals surface area contributed by atoms with Crippen LogP contribution in [-0.4, -0.2) is 23.6 Å². The zero-order valence-electron chi connectivity index (χ0n) is 13.6. The molecule has 0 aliphatic carbocycles. The molecular weight excluding hydrogens is 306 g/mol. The molecule has 24 heavy (non-hydrogen) atoms. The molecule has 1 atom stereocenters. The summed E-state index contributed by atoms with van der Waals surface area (Å²) in [4.78, 5) is 23.7. The largest absolute Gasteiger partial charge is 0.493 e. The Hall–Kier alpha value is -2.82. The molecule has 5 nitrogen and oxygen atoms in total. The van der Waals surface area contributed by atoms with E-state index < -0.39 is 12.0 Å². The molecule has 0 fully saturated rings. The first-order valence-corrected chi connectivity index (χ1v) is 7.91. The highest BCUT2D eigenvalue weighted by atomic mass is 16.5. The van der Waals surface area contributed by atoms with Gasteiger partial charge in [0.05, 0.1) is 24.6 Å². The number of amides is 1. The first-order valence-electron chi connectivity index (χ1n) is 7.91. The summed E-state index contributed by atoms with van der Waals surface area (Å²) >= 11 is 0. The van der Waals surface area contributed by atoms with Crippen molar-refractivity contribution in [3.05, 3.63) is 65.7 Å². The number of rotatable bonds is 8. The van der Waals surface area contributed by atoms with E-state index in [4.69, 9.17) is 9.84 Å². The second-order valence-corrected chi connectivity index (χ2v) is 5.38. The van der Waals surface area contributed by atoms with E-state index >= 15 is 0 Å². The molecule has 1 unspecified atom stereocenters. The highest BCUT2D eigenvalue weighted by Crippen LogP contribution is 2.21. The van der Waals surface area contributed by atoms with E-state index in [9.17, 15) is 9.59 Å². The summed E-state index contributed by atoms with van der Waals surface area (Å²) in [6.07, 6.45) is 0.648. The second-order valence-electron chi connectivity index (χ2n) is 5.38. The zero-order chi connectivity index (χ0) is 17.4. The van der Waals surface area contributed by atoms with Crippen LogP contribution in [0.2, 0.25) is 0 Å². The van der Waals surface area contributed by atoms with Gasteiger partial charge in [0.15, 0.2) is 0 Å². The zero-order valence-corrected chi connectivity index (χ0v) is 13.6. The van der Waals surface area contributed by atoms with Crippen LogP contribution in [0.5, 0.6) is 5.75 Å². The summed E-state index contributed by atoms with van der Waals surface area (Å²) in [7, 11) is 0. The molecule has 0 spiro atoms. The number of nitrogens with one attached hydrogen (secondary N) is 1. The lowest BCUT2D eigenvalue weighted by Gasteiger charge is -2.18. The van der Waals surface area contributed by atoms with E-state index in [-0.39, 0.29) is 12.3 Å². The number of carbonyl (C=O) groups excluding carboxylic acids is 1. The first kappa shape index (κ1) is 17.5. The molecule has 2 rings (SSSR count). The summed E-state index contributed by atoms with van der Waals surface area (Å²) in [6.45, 7) is 2.50. The van der Waals surface area contributed by atoms with Gasteiger partial charge in [-0.15, -0.1) is 0 Å². The van der Waals surface area contributed by atoms with Crippen LogP contribution < -0.4 is 10.1 Å². The second kappa shape index (κ2) is 8.72. The van der Waals surface area contributed by atoms with Crippen LogP contribution in [-0.2, 0) is 4.79 Å². The molecular formula is C19H21NO4. The number of benzene rings is 2. The average Bonchev–Trinajstić information content (AvgIpc) is 2.60. The number of aliphatic carboxylic acids is 1. The Bertz CT molecular complexity index is 685. The Balaban J connectivity index is 2.20. The molecule has 0 aliphatic heterocycles. The van der Waals surface area contributed by atoms with Gasteiger partial charge in [-0.2, -0.15) is 0 Å². The Morgan fingerprint density at radius 3 is 2.42 bits per heavy atom. The van der Waals surface area contributed by atoms with Crippen molar-refractivity contribution < 1.29 is 19.4 Å². The maximum Gasteiger partial charge on any atom is 0.305 e. The lowest BCUT2D eigenvalue weighted by Crippen LogP contribution is -2.30. The topological polar surface area (TPSA) is 75.6 Å². The standard InChI is InChI=1S/C19H21NO4/c1-2-12-24-17-11-7-6-10-15(17)19(23)20-16(13-18(21)22)14-8-4-3-5-9-14/h3-11,16H,2,12-13H2,1H3,(H,20,23)(H,21,22). The van der Waals surface area contributed by atoms with Crippen molar-refractivity contribution in [2.24, 2.45) is 0 Å². The number of para-hydroxylation sites is 1. The highest BCUT2D eigenvalue weighted by Gasteiger charge is 2.20. The summed E-state index contributed by atoms with van der Waals surface area (Å²) in [5, 5.41) is 11.9. The molecule has 2 aromatic rings. The Labute approximate surface area is 141 Å². The van der Waals surface area contributed by atoms with Gasteiger partial charge in [-0.3, -0.25) is 9.59 Å². The molecule has 0 aromatic heterocycles. The molecule has 0 aliphatic rings. The van der Waals surface area contributed by atoms with Gasteiger partial charge in [-0.1, -0.05) is 49.4 Å². The predicted molar refractivity (Wildman–Crippen MR) is 91.1 cm³/mol. The maximum atomic E-state index is 12.6. The molecule has 0 heterocycles. The predicted octanol–water partition coefficient (Wildman–Crippen LogP) is 3.42. The first-order chi connectivity index (χ1) is 11.6. The minimum absolute atomic E-state index is 0.187. The number of carboxylic acids is 1. The molecule has 2 aromatic carbocycles. The van der Waals surface area contributed by atoms with Gasteiger partial charge in [0.2, 0.25) is 0 Å². The number of carbonyl (C=O) groups is 2. The minimum Gasteiger partial charge on any atom is -0.493 e. The fourth-order valence-electron chi connectivity index (χ4n) is 2.34. The summed E-state index contributed by atoms with van der Waals surface area (Å²) in [5.41, 5.74) is 1.15. The van der Waals surface area contributed by atoms with Gasteiger partial charge in [0.1, 0.15) is 5.75 Å². The Morgan fingerprint density at radius 2 is 1.75 bits per heavy atom. The molecule has 0 radical (unpaired) electrons. The summed E-state index contributed by atoms with van der Waals surface area (Å²) in [5.74, 6) is -0.824. The fourth-order valence-corrected chi connectivity index (χ4v) is 2.34. The lowest BCUT2D eigenvalue weighted by molar-refractivity contribution is -0.137. The maximum absolute atomic E-state index is 12.6. The molecule has 5 heteroatoms. The van der Waals surface area contributed by atoms with Crippen LogP contribution in [0, 0.1) is 0 Å². The van der Waals surface area contributed by atoms with E-state index in [0.29, 0.717) is 17.9 Å². The molecule has 0 saturated heterocycles. The van der Waals surface area contributed by atoms with Crippen LogP contribution in [0.3, 0.4) is 0 Å². The van der Waals surface area contributed by atoms with Gasteiger partial charge >= 0.3 is 5.97 Å². The van der Waals surface area contributed by atoms with Gasteiger partial charge in [-0.25, -0.2) is 0 Å². The van der Waals surface area contributed by atoms with Gasteiger partial charge in [-0.05, 0) is 24.1 Å². The monoisotopic (exact) mass is 327 g/mol. The number of hydrogen-bond acceptors (Lipinski definition) is 3. The fraction of sp³-hybridized carbons (Fsp3) is 0.263. The number of hydrogen-bond donors (Lipinski definition) is 2. The lowest BCUT2D eigenvalue weighted by atomic mass is 10.0. The Kier molecular flexibility index (Phi) is 6.37. The molecule has 0 bridgehead atoms. The van der Waals surface area contributed by atoms with Crippen LogP contribution >= 0.6 is 0 Å². The van der Waals surface area contributed by atoms with Gasteiger partial charge < -0.3 is 15.2 Å². The molecule has 1 amide bonds. The van der Waals surface area contributed by atoms with Crippen molar-refractivity contribution in [2.45, 2.75) is 25.8 Å². The normalized spacial score (nSPS) is 11.5. The quantitative estimate of drug-likeness (QED) is 0.779. The van der Waals surface area contributed by atoms with Crippen LogP contribution in [0.1, 0.15) is 41.7 Å². The van der Waals surface area contributed by atoms with Crippen molar-refractivity contribution in [2.75, 3.05) is 6.61 Å². The van der Waals surface area contributed by atoms with Crippen molar-refractivity contribution in [1.82, 2.24) is 5.32 Å². The number of ether oxygens (including phenoxy) is 1. The van der Waals surface area contributed by atoms with Gasteiger partial charge in [0, 0.05) is 0 Å².